The van der Waals surface area contributed by atoms with E-state index in [0.717, 1.165) is 60.3 Å². The fraction of sp³-hybridized carbons (Fsp3) is 0.412. The molecule has 0 atom stereocenters. The van der Waals surface area contributed by atoms with Crippen LogP contribution in [0.5, 0.6) is 0 Å². The highest BCUT2D eigenvalue weighted by Gasteiger charge is 2.16. The van der Waals surface area contributed by atoms with Crippen molar-refractivity contribution in [3.63, 3.8) is 0 Å². The van der Waals surface area contributed by atoms with Crippen LogP contribution in [0.25, 0.3) is 5.65 Å². The Balaban J connectivity index is 1.53. The van der Waals surface area contributed by atoms with Crippen molar-refractivity contribution in [3.05, 3.63) is 47.3 Å². The third-order valence-corrected chi connectivity index (χ3v) is 4.33. The molecule has 1 fully saturated rings. The summed E-state index contributed by atoms with van der Waals surface area (Å²) < 4.78 is 1.88. The van der Waals surface area contributed by atoms with Crippen LogP contribution in [-0.2, 0) is 12.8 Å². The second-order valence-corrected chi connectivity index (χ2v) is 6.08. The summed E-state index contributed by atoms with van der Waals surface area (Å²) in [5.41, 5.74) is 3.86. The highest BCUT2D eigenvalue weighted by Crippen LogP contribution is 2.18. The van der Waals surface area contributed by atoms with Crippen LogP contribution in [0.3, 0.4) is 0 Å². The summed E-state index contributed by atoms with van der Waals surface area (Å²) in [5.74, 6) is 1.94. The lowest BCUT2D eigenvalue weighted by molar-refractivity contribution is 0.608. The van der Waals surface area contributed by atoms with Crippen LogP contribution in [-0.4, -0.2) is 37.7 Å². The minimum absolute atomic E-state index is 0.789. The summed E-state index contributed by atoms with van der Waals surface area (Å²) in [7, 11) is 0. The van der Waals surface area contributed by atoms with Crippen LogP contribution in [0.2, 0.25) is 0 Å². The van der Waals surface area contributed by atoms with Crippen LogP contribution < -0.4 is 4.90 Å². The minimum atomic E-state index is 0.789. The molecule has 0 radical (unpaired) electrons. The van der Waals surface area contributed by atoms with Crippen LogP contribution in [0.1, 0.15) is 29.3 Å². The number of aryl methyl sites for hydroxylation is 4. The maximum absolute atomic E-state index is 4.75. The monoisotopic (exact) mass is 308 g/mol. The molecule has 0 spiro atoms. The molecule has 1 saturated heterocycles. The Labute approximate surface area is 135 Å². The predicted octanol–water partition coefficient (Wildman–Crippen LogP) is 2.13. The van der Waals surface area contributed by atoms with E-state index < -0.39 is 0 Å². The maximum Gasteiger partial charge on any atom is 0.177 e. The highest BCUT2D eigenvalue weighted by molar-refractivity contribution is 5.43. The van der Waals surface area contributed by atoms with Gasteiger partial charge in [0, 0.05) is 31.4 Å². The van der Waals surface area contributed by atoms with Gasteiger partial charge in [-0.25, -0.2) is 14.5 Å². The van der Waals surface area contributed by atoms with Crippen LogP contribution in [0.15, 0.2) is 24.4 Å². The molecule has 0 amide bonds. The van der Waals surface area contributed by atoms with E-state index in [1.165, 1.54) is 6.42 Å². The fourth-order valence-corrected chi connectivity index (χ4v) is 2.81. The molecule has 4 heterocycles. The van der Waals surface area contributed by atoms with Gasteiger partial charge in [-0.3, -0.25) is 4.98 Å². The summed E-state index contributed by atoms with van der Waals surface area (Å²) in [5, 5.41) is 4.60. The topological polar surface area (TPSA) is 59.2 Å². The van der Waals surface area contributed by atoms with Crippen LogP contribution >= 0.6 is 0 Å². The Kier molecular flexibility index (Phi) is 3.44. The minimum Gasteiger partial charge on any atom is -0.356 e. The van der Waals surface area contributed by atoms with Gasteiger partial charge in [0.15, 0.2) is 11.5 Å². The van der Waals surface area contributed by atoms with Gasteiger partial charge in [-0.05, 0) is 38.8 Å². The normalized spacial score (nSPS) is 14.3. The molecule has 1 aliphatic heterocycles. The third kappa shape index (κ3) is 2.65. The molecule has 0 bridgehead atoms. The maximum atomic E-state index is 4.75. The average molecular weight is 308 g/mol. The molecule has 0 aromatic carbocycles. The first-order valence-electron chi connectivity index (χ1n) is 8.09. The second-order valence-electron chi connectivity index (χ2n) is 6.08. The van der Waals surface area contributed by atoms with Crippen molar-refractivity contribution in [2.24, 2.45) is 0 Å². The summed E-state index contributed by atoms with van der Waals surface area (Å²) in [6.45, 7) is 6.20. The molecule has 0 unspecified atom stereocenters. The van der Waals surface area contributed by atoms with Crippen molar-refractivity contribution >= 4 is 11.5 Å². The van der Waals surface area contributed by atoms with Crippen molar-refractivity contribution in [1.82, 2.24) is 24.6 Å². The zero-order valence-electron chi connectivity index (χ0n) is 13.5. The van der Waals surface area contributed by atoms with E-state index in [0.29, 0.717) is 0 Å². The Morgan fingerprint density at radius 2 is 1.96 bits per heavy atom. The van der Waals surface area contributed by atoms with Crippen molar-refractivity contribution in [2.45, 2.75) is 33.1 Å². The first-order valence-corrected chi connectivity index (χ1v) is 8.09. The number of pyridine rings is 1. The Morgan fingerprint density at radius 1 is 1.09 bits per heavy atom. The fourth-order valence-electron chi connectivity index (χ4n) is 2.81. The van der Waals surface area contributed by atoms with Gasteiger partial charge in [0.05, 0.1) is 11.4 Å². The summed E-state index contributed by atoms with van der Waals surface area (Å²) >= 11 is 0. The molecule has 23 heavy (non-hydrogen) atoms. The zero-order valence-corrected chi connectivity index (χ0v) is 13.5. The molecular formula is C17H20N6. The van der Waals surface area contributed by atoms with Crippen molar-refractivity contribution < 1.29 is 0 Å². The van der Waals surface area contributed by atoms with Crippen molar-refractivity contribution in [2.75, 3.05) is 18.0 Å². The Morgan fingerprint density at radius 3 is 2.70 bits per heavy atom. The predicted molar refractivity (Wildman–Crippen MR) is 88.7 cm³/mol. The van der Waals surface area contributed by atoms with Gasteiger partial charge in [-0.1, -0.05) is 6.07 Å². The SMILES string of the molecule is Cc1ncc(C)n2nc(CCc3cccc(N4CCC4)n3)nc12. The first-order chi connectivity index (χ1) is 11.2. The molecular weight excluding hydrogens is 288 g/mol. The highest BCUT2D eigenvalue weighted by atomic mass is 15.3. The number of anilines is 1. The lowest BCUT2D eigenvalue weighted by Gasteiger charge is -2.32. The molecule has 0 aliphatic carbocycles. The average Bonchev–Trinajstić information content (AvgIpc) is 2.93. The van der Waals surface area contributed by atoms with E-state index in [-0.39, 0.29) is 0 Å². The van der Waals surface area contributed by atoms with Gasteiger partial charge in [-0.2, -0.15) is 5.10 Å². The van der Waals surface area contributed by atoms with Gasteiger partial charge in [0.2, 0.25) is 0 Å². The number of nitrogens with zero attached hydrogens (tertiary/aromatic N) is 6. The van der Waals surface area contributed by atoms with Gasteiger partial charge < -0.3 is 4.90 Å². The molecule has 0 saturated carbocycles. The lowest BCUT2D eigenvalue weighted by atomic mass is 10.2. The zero-order chi connectivity index (χ0) is 15.8. The number of rotatable bonds is 4. The largest absolute Gasteiger partial charge is 0.356 e. The van der Waals surface area contributed by atoms with E-state index in [1.54, 1.807) is 0 Å². The van der Waals surface area contributed by atoms with Crippen molar-refractivity contribution in [3.8, 4) is 0 Å². The van der Waals surface area contributed by atoms with E-state index in [1.807, 2.05) is 24.6 Å². The smallest absolute Gasteiger partial charge is 0.177 e. The number of aromatic nitrogens is 5. The van der Waals surface area contributed by atoms with E-state index in [2.05, 4.69) is 38.2 Å². The molecule has 3 aromatic heterocycles. The van der Waals surface area contributed by atoms with E-state index in [4.69, 9.17) is 4.98 Å². The summed E-state index contributed by atoms with van der Waals surface area (Å²) in [6.07, 6.45) is 4.74. The number of hydrogen-bond donors (Lipinski definition) is 0. The third-order valence-electron chi connectivity index (χ3n) is 4.33. The molecule has 4 rings (SSSR count). The quantitative estimate of drug-likeness (QED) is 0.739. The van der Waals surface area contributed by atoms with Crippen LogP contribution in [0.4, 0.5) is 5.82 Å². The number of hydrogen-bond acceptors (Lipinski definition) is 5. The standard InChI is InChI=1S/C17H20N6/c1-12-11-18-13(2)17-20-15(21-23(12)17)8-7-14-5-3-6-16(19-14)22-9-4-10-22/h3,5-6,11H,4,7-10H2,1-2H3. The number of fused-ring (bicyclic) bond motifs is 1. The molecule has 6 nitrogen and oxygen atoms in total. The van der Waals surface area contributed by atoms with Gasteiger partial charge in [-0.15, -0.1) is 0 Å². The lowest BCUT2D eigenvalue weighted by Crippen LogP contribution is -2.37. The van der Waals surface area contributed by atoms with E-state index in [9.17, 15) is 0 Å². The molecule has 0 N–H and O–H groups in total. The van der Waals surface area contributed by atoms with Gasteiger partial charge in [0.25, 0.3) is 0 Å². The Bertz CT molecular complexity index is 810. The van der Waals surface area contributed by atoms with E-state index >= 15 is 0 Å². The summed E-state index contributed by atoms with van der Waals surface area (Å²) in [6, 6.07) is 6.26. The second kappa shape index (κ2) is 5.61. The molecule has 1 aliphatic rings. The van der Waals surface area contributed by atoms with Crippen molar-refractivity contribution in [1.29, 1.82) is 0 Å². The summed E-state index contributed by atoms with van der Waals surface area (Å²) in [4.78, 5) is 16.0. The van der Waals surface area contributed by atoms with Gasteiger partial charge >= 0.3 is 0 Å². The molecule has 118 valence electrons. The van der Waals surface area contributed by atoms with Gasteiger partial charge in [0.1, 0.15) is 5.82 Å². The molecule has 3 aromatic rings. The Hall–Kier alpha value is -2.50. The molecule has 6 heteroatoms. The first kappa shape index (κ1) is 14.1. The van der Waals surface area contributed by atoms with Crippen LogP contribution in [0, 0.1) is 13.8 Å².